The average molecular weight is 238 g/mol. The topological polar surface area (TPSA) is 23.8 Å². The molecule has 6 heteroatoms. The first-order valence-corrected chi connectivity index (χ1v) is 4.65. The van der Waals surface area contributed by atoms with Crippen molar-refractivity contribution in [1.82, 2.24) is 0 Å². The first-order chi connectivity index (χ1) is 6.56. The van der Waals surface area contributed by atoms with Crippen molar-refractivity contribution in [3.8, 4) is 6.07 Å². The van der Waals surface area contributed by atoms with E-state index < -0.39 is 16.6 Å². The van der Waals surface area contributed by atoms with Crippen LogP contribution in [-0.2, 0) is 0 Å². The number of nitrogens with zero attached hydrogens (tertiary/aromatic N) is 1. The Morgan fingerprint density at radius 2 is 2.07 bits per heavy atom. The highest BCUT2D eigenvalue weighted by atomic mass is 35.5. The maximum absolute atomic E-state index is 12.8. The lowest BCUT2D eigenvalue weighted by molar-refractivity contribution is 0.252. The van der Waals surface area contributed by atoms with Crippen molar-refractivity contribution in [3.63, 3.8) is 0 Å². The van der Waals surface area contributed by atoms with Gasteiger partial charge in [-0.1, -0.05) is 23.4 Å². The van der Waals surface area contributed by atoms with E-state index >= 15 is 0 Å². The van der Waals surface area contributed by atoms with Crippen LogP contribution in [0.2, 0.25) is 5.02 Å². The highest BCUT2D eigenvalue weighted by Crippen LogP contribution is 2.33. The van der Waals surface area contributed by atoms with Gasteiger partial charge in [-0.15, -0.1) is 0 Å². The highest BCUT2D eigenvalue weighted by Gasteiger charge is 2.15. The number of thioether (sulfide) groups is 1. The lowest BCUT2D eigenvalue weighted by Gasteiger charge is -2.04. The van der Waals surface area contributed by atoms with Gasteiger partial charge in [0, 0.05) is 4.90 Å². The van der Waals surface area contributed by atoms with Crippen molar-refractivity contribution in [2.75, 3.05) is 0 Å². The van der Waals surface area contributed by atoms with Gasteiger partial charge < -0.3 is 0 Å². The summed E-state index contributed by atoms with van der Waals surface area (Å²) in [6.07, 6.45) is 0. The molecule has 0 aromatic heterocycles. The van der Waals surface area contributed by atoms with Crippen molar-refractivity contribution in [1.29, 1.82) is 5.26 Å². The molecule has 0 saturated heterocycles. The van der Waals surface area contributed by atoms with Gasteiger partial charge in [-0.3, -0.25) is 0 Å². The summed E-state index contributed by atoms with van der Waals surface area (Å²) in [5.41, 5.74) is -0.253. The number of rotatable bonds is 2. The largest absolute Gasteiger partial charge is 0.288 e. The van der Waals surface area contributed by atoms with E-state index in [1.165, 1.54) is 0 Å². The summed E-state index contributed by atoms with van der Waals surface area (Å²) in [4.78, 5) is -0.0195. The third-order valence-corrected chi connectivity index (χ3v) is 2.53. The zero-order valence-electron chi connectivity index (χ0n) is 6.60. The molecule has 14 heavy (non-hydrogen) atoms. The predicted octanol–water partition coefficient (Wildman–Crippen LogP) is 3.67. The molecule has 0 spiro atoms. The molecule has 0 saturated carbocycles. The van der Waals surface area contributed by atoms with E-state index in [0.29, 0.717) is 0 Å². The fourth-order valence-electron chi connectivity index (χ4n) is 0.831. The molecule has 0 aliphatic rings. The minimum Gasteiger partial charge on any atom is -0.205 e. The smallest absolute Gasteiger partial charge is 0.205 e. The van der Waals surface area contributed by atoms with E-state index in [-0.39, 0.29) is 22.2 Å². The fraction of sp³-hybridized carbons (Fsp3) is 0.125. The quantitative estimate of drug-likeness (QED) is 0.733. The summed E-state index contributed by atoms with van der Waals surface area (Å²) in [6, 6.07) is 3.64. The molecule has 1 aromatic rings. The summed E-state index contributed by atoms with van der Waals surface area (Å²) in [5.74, 6) is -3.45. The number of hydrogen-bond acceptors (Lipinski definition) is 2. The molecule has 0 N–H and O–H groups in total. The SMILES string of the molecule is N#Cc1c(SC(F)F)ccc(F)c1Cl. The van der Waals surface area contributed by atoms with Gasteiger partial charge in [0.25, 0.3) is 5.76 Å². The molecule has 0 aliphatic heterocycles. The molecule has 1 nitrogen and oxygen atoms in total. The molecule has 0 unspecified atom stereocenters. The summed E-state index contributed by atoms with van der Waals surface area (Å²) < 4.78 is 36.8. The van der Waals surface area contributed by atoms with Crippen LogP contribution in [0.25, 0.3) is 0 Å². The average Bonchev–Trinajstić information content (AvgIpc) is 2.11. The van der Waals surface area contributed by atoms with Gasteiger partial charge in [0.05, 0.1) is 10.6 Å². The van der Waals surface area contributed by atoms with Crippen molar-refractivity contribution < 1.29 is 13.2 Å². The zero-order chi connectivity index (χ0) is 10.7. The van der Waals surface area contributed by atoms with E-state index in [9.17, 15) is 13.2 Å². The van der Waals surface area contributed by atoms with Gasteiger partial charge in [-0.05, 0) is 12.1 Å². The van der Waals surface area contributed by atoms with E-state index in [4.69, 9.17) is 16.9 Å². The lowest BCUT2D eigenvalue weighted by Crippen LogP contribution is -1.90. The van der Waals surface area contributed by atoms with Crippen molar-refractivity contribution in [2.45, 2.75) is 10.7 Å². The van der Waals surface area contributed by atoms with Crippen LogP contribution in [0, 0.1) is 17.1 Å². The van der Waals surface area contributed by atoms with E-state index in [0.717, 1.165) is 12.1 Å². The fourth-order valence-corrected chi connectivity index (χ4v) is 1.70. The standard InChI is InChI=1S/C8H3ClF3NS/c9-7-4(3-13)6(14-8(11)12)2-1-5(7)10/h1-2,8H. The second-order valence-corrected chi connectivity index (χ2v) is 3.63. The molecular formula is C8H3ClF3NS. The number of halogens is 4. The van der Waals surface area contributed by atoms with Crippen molar-refractivity contribution in [3.05, 3.63) is 28.5 Å². The van der Waals surface area contributed by atoms with Crippen LogP contribution in [-0.4, -0.2) is 5.76 Å². The lowest BCUT2D eigenvalue weighted by atomic mass is 10.2. The Kier molecular flexibility index (Phi) is 3.67. The Morgan fingerprint density at radius 3 is 2.57 bits per heavy atom. The Labute approximate surface area is 87.5 Å². The number of hydrogen-bond donors (Lipinski definition) is 0. The third-order valence-electron chi connectivity index (χ3n) is 1.38. The van der Waals surface area contributed by atoms with Crippen LogP contribution < -0.4 is 0 Å². The highest BCUT2D eigenvalue weighted by molar-refractivity contribution is 7.99. The molecule has 0 heterocycles. The van der Waals surface area contributed by atoms with Crippen LogP contribution in [0.3, 0.4) is 0 Å². The Morgan fingerprint density at radius 1 is 1.43 bits per heavy atom. The minimum atomic E-state index is -2.66. The second-order valence-electron chi connectivity index (χ2n) is 2.22. The summed E-state index contributed by atoms with van der Waals surface area (Å²) in [7, 11) is 0. The number of alkyl halides is 2. The van der Waals surface area contributed by atoms with Gasteiger partial charge in [0.2, 0.25) is 0 Å². The number of nitriles is 1. The van der Waals surface area contributed by atoms with Crippen LogP contribution in [0.4, 0.5) is 13.2 Å². The minimum absolute atomic E-state index is 0.0195. The summed E-state index contributed by atoms with van der Waals surface area (Å²) >= 11 is 5.59. The predicted molar refractivity (Wildman–Crippen MR) is 48.0 cm³/mol. The van der Waals surface area contributed by atoms with E-state index in [1.54, 1.807) is 6.07 Å². The van der Waals surface area contributed by atoms with Gasteiger partial charge in [0.1, 0.15) is 11.9 Å². The van der Waals surface area contributed by atoms with Crippen LogP contribution in [0.5, 0.6) is 0 Å². The normalized spacial score (nSPS) is 10.3. The Hall–Kier alpha value is -0.860. The molecule has 1 rings (SSSR count). The molecule has 0 radical (unpaired) electrons. The molecular weight excluding hydrogens is 235 g/mol. The van der Waals surface area contributed by atoms with Crippen LogP contribution >= 0.6 is 23.4 Å². The molecule has 0 aliphatic carbocycles. The summed E-state index contributed by atoms with van der Waals surface area (Å²) in [6.45, 7) is 0. The zero-order valence-corrected chi connectivity index (χ0v) is 8.17. The van der Waals surface area contributed by atoms with Crippen molar-refractivity contribution >= 4 is 23.4 Å². The van der Waals surface area contributed by atoms with Gasteiger partial charge >= 0.3 is 0 Å². The van der Waals surface area contributed by atoms with Crippen molar-refractivity contribution in [2.24, 2.45) is 0 Å². The Bertz CT molecular complexity index is 389. The van der Waals surface area contributed by atoms with E-state index in [2.05, 4.69) is 0 Å². The van der Waals surface area contributed by atoms with E-state index in [1.807, 2.05) is 0 Å². The first kappa shape index (κ1) is 11.2. The molecule has 1 aromatic carbocycles. The molecule has 74 valence electrons. The number of benzene rings is 1. The molecule has 0 atom stereocenters. The van der Waals surface area contributed by atoms with Crippen LogP contribution in [0.15, 0.2) is 17.0 Å². The van der Waals surface area contributed by atoms with Gasteiger partial charge in [-0.25, -0.2) is 4.39 Å². The van der Waals surface area contributed by atoms with Gasteiger partial charge in [0.15, 0.2) is 0 Å². The molecule has 0 fully saturated rings. The first-order valence-electron chi connectivity index (χ1n) is 3.39. The van der Waals surface area contributed by atoms with Gasteiger partial charge in [-0.2, -0.15) is 14.0 Å². The third kappa shape index (κ3) is 2.34. The molecule has 0 bridgehead atoms. The maximum atomic E-state index is 12.8. The summed E-state index contributed by atoms with van der Waals surface area (Å²) in [5, 5.41) is 8.16. The monoisotopic (exact) mass is 237 g/mol. The second kappa shape index (κ2) is 4.58. The molecule has 0 amide bonds. The van der Waals surface area contributed by atoms with Crippen LogP contribution in [0.1, 0.15) is 5.56 Å². The Balaban J connectivity index is 3.19. The maximum Gasteiger partial charge on any atom is 0.288 e.